The monoisotopic (exact) mass is 335 g/mol. The minimum Gasteiger partial charge on any atom is -0.378 e. The second-order valence-electron chi connectivity index (χ2n) is 6.13. The molecule has 1 fully saturated rings. The first-order chi connectivity index (χ1) is 11.9. The van der Waals surface area contributed by atoms with Crippen molar-refractivity contribution < 1.29 is 4.74 Å². The number of nitrogens with zero attached hydrogens (tertiary/aromatic N) is 3. The molecule has 4 nitrogen and oxygen atoms in total. The first kappa shape index (κ1) is 14.1. The maximum Gasteiger partial charge on any atom is 0.162 e. The molecule has 0 amide bonds. The van der Waals surface area contributed by atoms with Gasteiger partial charge in [0.05, 0.1) is 23.4 Å². The first-order valence-corrected chi connectivity index (χ1v) is 9.14. The molecule has 0 spiro atoms. The summed E-state index contributed by atoms with van der Waals surface area (Å²) in [5.74, 6) is 1.86. The van der Waals surface area contributed by atoms with Gasteiger partial charge in [-0.25, -0.2) is 9.97 Å². The largest absolute Gasteiger partial charge is 0.378 e. The summed E-state index contributed by atoms with van der Waals surface area (Å²) in [6, 6.07) is 8.62. The van der Waals surface area contributed by atoms with Gasteiger partial charge in [-0.2, -0.15) is 0 Å². The van der Waals surface area contributed by atoms with Crippen molar-refractivity contribution in [2.45, 2.75) is 6.42 Å². The van der Waals surface area contributed by atoms with Crippen LogP contribution in [0.2, 0.25) is 0 Å². The quantitative estimate of drug-likeness (QED) is 0.715. The average Bonchev–Trinajstić information content (AvgIpc) is 3.29. The summed E-state index contributed by atoms with van der Waals surface area (Å²) in [5.41, 5.74) is 4.79. The van der Waals surface area contributed by atoms with Crippen molar-refractivity contribution in [1.82, 2.24) is 9.97 Å². The van der Waals surface area contributed by atoms with Gasteiger partial charge in [-0.05, 0) is 35.1 Å². The van der Waals surface area contributed by atoms with Crippen LogP contribution in [-0.2, 0) is 11.2 Å². The highest BCUT2D eigenvalue weighted by atomic mass is 32.1. The fraction of sp³-hybridized carbons (Fsp3) is 0.263. The molecule has 0 bridgehead atoms. The molecule has 5 heteroatoms. The van der Waals surface area contributed by atoms with E-state index in [0.29, 0.717) is 0 Å². The highest BCUT2D eigenvalue weighted by Gasteiger charge is 2.19. The molecule has 1 aromatic carbocycles. The number of benzene rings is 1. The average molecular weight is 335 g/mol. The Hall–Kier alpha value is -2.24. The number of aromatic nitrogens is 2. The van der Waals surface area contributed by atoms with Crippen molar-refractivity contribution in [3.05, 3.63) is 46.8 Å². The standard InChI is InChI=1S/C19H17N3OS/c1-2-13-4-5-15(12-14(13)3-1)18-20-16-6-11-24-17(16)19(21-18)22-7-9-23-10-8-22/h1-2,4-6,11-12H,3,7-10H2. The third-order valence-electron chi connectivity index (χ3n) is 4.63. The number of allylic oxidation sites excluding steroid dienone is 1. The SMILES string of the molecule is C1=Cc2ccc(-c3nc(N4CCOCC4)c4sccc4n3)cc2C1. The van der Waals surface area contributed by atoms with Crippen LogP contribution < -0.4 is 4.90 Å². The Morgan fingerprint density at radius 1 is 1.08 bits per heavy atom. The molecule has 1 aliphatic heterocycles. The fourth-order valence-corrected chi connectivity index (χ4v) is 4.21. The molecule has 2 aromatic heterocycles. The summed E-state index contributed by atoms with van der Waals surface area (Å²) in [6.45, 7) is 3.29. The lowest BCUT2D eigenvalue weighted by Crippen LogP contribution is -2.36. The van der Waals surface area contributed by atoms with E-state index >= 15 is 0 Å². The van der Waals surface area contributed by atoms with Crippen LogP contribution in [0, 0.1) is 0 Å². The molecule has 0 atom stereocenters. The van der Waals surface area contributed by atoms with Gasteiger partial charge < -0.3 is 9.64 Å². The van der Waals surface area contributed by atoms with Gasteiger partial charge in [-0.3, -0.25) is 0 Å². The smallest absolute Gasteiger partial charge is 0.162 e. The van der Waals surface area contributed by atoms with Crippen LogP contribution >= 0.6 is 11.3 Å². The van der Waals surface area contributed by atoms with Crippen LogP contribution in [0.25, 0.3) is 27.7 Å². The maximum atomic E-state index is 5.49. The molecule has 3 heterocycles. The van der Waals surface area contributed by atoms with Gasteiger partial charge in [0.15, 0.2) is 11.6 Å². The lowest BCUT2D eigenvalue weighted by atomic mass is 10.1. The molecule has 5 rings (SSSR count). The first-order valence-electron chi connectivity index (χ1n) is 8.26. The molecule has 0 N–H and O–H groups in total. The zero-order valence-electron chi connectivity index (χ0n) is 13.2. The number of rotatable bonds is 2. The highest BCUT2D eigenvalue weighted by Crippen LogP contribution is 2.33. The van der Waals surface area contributed by atoms with Gasteiger partial charge in [0.1, 0.15) is 0 Å². The lowest BCUT2D eigenvalue weighted by Gasteiger charge is -2.28. The number of thiophene rings is 1. The van der Waals surface area contributed by atoms with E-state index in [4.69, 9.17) is 14.7 Å². The van der Waals surface area contributed by atoms with Crippen LogP contribution in [-0.4, -0.2) is 36.3 Å². The van der Waals surface area contributed by atoms with Crippen molar-refractivity contribution in [3.8, 4) is 11.4 Å². The molecular formula is C19H17N3OS. The molecule has 120 valence electrons. The summed E-state index contributed by atoms with van der Waals surface area (Å²) < 4.78 is 6.66. The lowest BCUT2D eigenvalue weighted by molar-refractivity contribution is 0.122. The second-order valence-corrected chi connectivity index (χ2v) is 7.04. The molecule has 0 radical (unpaired) electrons. The summed E-state index contributed by atoms with van der Waals surface area (Å²) in [7, 11) is 0. The van der Waals surface area contributed by atoms with Gasteiger partial charge >= 0.3 is 0 Å². The van der Waals surface area contributed by atoms with Crippen molar-refractivity contribution in [3.63, 3.8) is 0 Å². The van der Waals surface area contributed by atoms with Gasteiger partial charge in [0.25, 0.3) is 0 Å². The van der Waals surface area contributed by atoms with E-state index in [1.54, 1.807) is 11.3 Å². The number of hydrogen-bond donors (Lipinski definition) is 0. The van der Waals surface area contributed by atoms with E-state index in [1.165, 1.54) is 15.8 Å². The van der Waals surface area contributed by atoms with Gasteiger partial charge in [-0.1, -0.05) is 24.3 Å². The Bertz CT molecular complexity index is 941. The summed E-state index contributed by atoms with van der Waals surface area (Å²) in [5, 5.41) is 2.10. The van der Waals surface area contributed by atoms with Crippen LogP contribution in [0.1, 0.15) is 11.1 Å². The Kier molecular flexibility index (Phi) is 3.35. The molecule has 24 heavy (non-hydrogen) atoms. The third kappa shape index (κ3) is 2.32. The van der Waals surface area contributed by atoms with E-state index < -0.39 is 0 Å². The molecule has 1 saturated heterocycles. The molecule has 1 aliphatic carbocycles. The van der Waals surface area contributed by atoms with E-state index in [2.05, 4.69) is 46.7 Å². The third-order valence-corrected chi connectivity index (χ3v) is 5.53. The number of ether oxygens (including phenoxy) is 1. The number of morpholine rings is 1. The minimum absolute atomic E-state index is 0.761. The minimum atomic E-state index is 0.761. The van der Waals surface area contributed by atoms with E-state index in [1.807, 2.05) is 0 Å². The Morgan fingerprint density at radius 3 is 2.92 bits per heavy atom. The predicted octanol–water partition coefficient (Wildman–Crippen LogP) is 3.76. The molecule has 0 saturated carbocycles. The number of anilines is 1. The molecule has 2 aliphatic rings. The van der Waals surface area contributed by atoms with Crippen molar-refractivity contribution >= 4 is 33.4 Å². The van der Waals surface area contributed by atoms with Crippen LogP contribution in [0.15, 0.2) is 35.7 Å². The normalized spacial score (nSPS) is 16.8. The fourth-order valence-electron chi connectivity index (χ4n) is 3.36. The van der Waals surface area contributed by atoms with Crippen molar-refractivity contribution in [2.24, 2.45) is 0 Å². The van der Waals surface area contributed by atoms with E-state index in [-0.39, 0.29) is 0 Å². The van der Waals surface area contributed by atoms with Crippen molar-refractivity contribution in [2.75, 3.05) is 31.2 Å². The summed E-state index contributed by atoms with van der Waals surface area (Å²) in [4.78, 5) is 12.1. The molecular weight excluding hydrogens is 318 g/mol. The van der Waals surface area contributed by atoms with Crippen LogP contribution in [0.4, 0.5) is 5.82 Å². The van der Waals surface area contributed by atoms with Gasteiger partial charge in [0.2, 0.25) is 0 Å². The number of hydrogen-bond acceptors (Lipinski definition) is 5. The Labute approximate surface area is 144 Å². The Morgan fingerprint density at radius 2 is 2.00 bits per heavy atom. The topological polar surface area (TPSA) is 38.2 Å². The molecule has 0 unspecified atom stereocenters. The summed E-state index contributed by atoms with van der Waals surface area (Å²) in [6.07, 6.45) is 5.39. The zero-order valence-corrected chi connectivity index (χ0v) is 14.1. The molecule has 3 aromatic rings. The second kappa shape index (κ2) is 5.69. The van der Waals surface area contributed by atoms with Gasteiger partial charge in [-0.15, -0.1) is 11.3 Å². The zero-order chi connectivity index (χ0) is 15.9. The maximum absolute atomic E-state index is 5.49. The highest BCUT2D eigenvalue weighted by molar-refractivity contribution is 7.17. The summed E-state index contributed by atoms with van der Waals surface area (Å²) >= 11 is 1.71. The van der Waals surface area contributed by atoms with Crippen LogP contribution in [0.3, 0.4) is 0 Å². The van der Waals surface area contributed by atoms with E-state index in [0.717, 1.165) is 55.4 Å². The predicted molar refractivity (Wildman–Crippen MR) is 98.6 cm³/mol. The Balaban J connectivity index is 1.63. The number of fused-ring (bicyclic) bond motifs is 2. The van der Waals surface area contributed by atoms with E-state index in [9.17, 15) is 0 Å². The van der Waals surface area contributed by atoms with Crippen molar-refractivity contribution in [1.29, 1.82) is 0 Å². The van der Waals surface area contributed by atoms with Crippen LogP contribution in [0.5, 0.6) is 0 Å². The van der Waals surface area contributed by atoms with Gasteiger partial charge in [0, 0.05) is 18.7 Å².